The number of rotatable bonds is 10. The van der Waals surface area contributed by atoms with Gasteiger partial charge in [0.05, 0.1) is 24.5 Å². The lowest BCUT2D eigenvalue weighted by Crippen LogP contribution is -2.34. The molecule has 0 aliphatic heterocycles. The van der Waals surface area contributed by atoms with Crippen molar-refractivity contribution in [2.24, 2.45) is 0 Å². The van der Waals surface area contributed by atoms with E-state index in [2.05, 4.69) is 21.3 Å². The first kappa shape index (κ1) is 31.0. The van der Waals surface area contributed by atoms with Crippen LogP contribution < -0.4 is 26.0 Å². The second-order valence-corrected chi connectivity index (χ2v) is 10.7. The van der Waals surface area contributed by atoms with Gasteiger partial charge in [0, 0.05) is 11.3 Å². The number of carbonyl (C=O) groups excluding carboxylic acids is 3. The summed E-state index contributed by atoms with van der Waals surface area (Å²) in [6.07, 6.45) is 0.0500. The third kappa shape index (κ3) is 10.2. The Morgan fingerprint density at radius 1 is 0.829 bits per heavy atom. The minimum absolute atomic E-state index is 0.286. The standard InChI is InChI=1S/C31H39N5O5/c1-31(2,3)41-30(39)35-27-10-8-7-9-26(27)33-28(37)22-13-11-21(12-14-22)25(19-20-36(4)5)34-29(38)32-23-15-17-24(40-6)18-16-23/h7-18,25H,19-20H2,1-6H3,(H,33,37)(H,35,39)(H2,32,34,38). The van der Waals surface area contributed by atoms with Crippen LogP contribution in [0, 0.1) is 0 Å². The fourth-order valence-electron chi connectivity index (χ4n) is 3.89. The number of amides is 4. The summed E-state index contributed by atoms with van der Waals surface area (Å²) in [5.41, 5.74) is 2.13. The highest BCUT2D eigenvalue weighted by molar-refractivity contribution is 6.06. The van der Waals surface area contributed by atoms with Gasteiger partial charge in [0.25, 0.3) is 5.91 Å². The van der Waals surface area contributed by atoms with Crippen molar-refractivity contribution in [1.82, 2.24) is 10.2 Å². The van der Waals surface area contributed by atoms with Gasteiger partial charge in [-0.25, -0.2) is 9.59 Å². The van der Waals surface area contributed by atoms with Crippen LogP contribution in [0.25, 0.3) is 0 Å². The lowest BCUT2D eigenvalue weighted by Gasteiger charge is -2.22. The minimum Gasteiger partial charge on any atom is -0.497 e. The van der Waals surface area contributed by atoms with Gasteiger partial charge in [-0.2, -0.15) is 0 Å². The molecule has 0 saturated heterocycles. The lowest BCUT2D eigenvalue weighted by molar-refractivity contribution is 0.0635. The molecule has 3 aromatic carbocycles. The van der Waals surface area contributed by atoms with E-state index < -0.39 is 11.7 Å². The van der Waals surface area contributed by atoms with Gasteiger partial charge in [-0.3, -0.25) is 10.1 Å². The molecule has 0 radical (unpaired) electrons. The Kier molecular flexibility index (Phi) is 10.7. The molecule has 3 aromatic rings. The molecule has 0 aliphatic carbocycles. The van der Waals surface area contributed by atoms with Crippen molar-refractivity contribution >= 4 is 35.1 Å². The highest BCUT2D eigenvalue weighted by Gasteiger charge is 2.19. The second-order valence-electron chi connectivity index (χ2n) is 10.7. The molecule has 10 heteroatoms. The van der Waals surface area contributed by atoms with Gasteiger partial charge in [0.2, 0.25) is 0 Å². The van der Waals surface area contributed by atoms with E-state index in [1.165, 1.54) is 0 Å². The minimum atomic E-state index is -0.653. The number of hydrogen-bond acceptors (Lipinski definition) is 6. The number of nitrogens with one attached hydrogen (secondary N) is 4. The van der Waals surface area contributed by atoms with E-state index in [9.17, 15) is 14.4 Å². The molecule has 4 N–H and O–H groups in total. The second kappa shape index (κ2) is 14.2. The third-order valence-electron chi connectivity index (χ3n) is 5.90. The van der Waals surface area contributed by atoms with Gasteiger partial charge in [-0.1, -0.05) is 24.3 Å². The molecule has 10 nitrogen and oxygen atoms in total. The molecule has 218 valence electrons. The zero-order chi connectivity index (χ0) is 30.0. The van der Waals surface area contributed by atoms with E-state index in [1.54, 1.807) is 88.5 Å². The first-order valence-corrected chi connectivity index (χ1v) is 13.3. The SMILES string of the molecule is COc1ccc(NC(=O)NC(CCN(C)C)c2ccc(C(=O)Nc3ccccc3NC(=O)OC(C)(C)C)cc2)cc1. The van der Waals surface area contributed by atoms with Crippen molar-refractivity contribution in [3.8, 4) is 5.75 Å². The van der Waals surface area contributed by atoms with Crippen LogP contribution in [-0.4, -0.2) is 56.3 Å². The summed E-state index contributed by atoms with van der Waals surface area (Å²) in [6.45, 7) is 6.07. The number of hydrogen-bond donors (Lipinski definition) is 4. The fraction of sp³-hybridized carbons (Fsp3) is 0.323. The molecule has 0 aromatic heterocycles. The van der Waals surface area contributed by atoms with Crippen molar-refractivity contribution in [3.05, 3.63) is 83.9 Å². The Labute approximate surface area is 241 Å². The lowest BCUT2D eigenvalue weighted by atomic mass is 10.0. The van der Waals surface area contributed by atoms with Gasteiger partial charge in [-0.05, 0) is 102 Å². The number of carbonyl (C=O) groups is 3. The number of ether oxygens (including phenoxy) is 2. The van der Waals surface area contributed by atoms with Gasteiger partial charge >= 0.3 is 12.1 Å². The highest BCUT2D eigenvalue weighted by Crippen LogP contribution is 2.24. The van der Waals surface area contributed by atoms with Crippen molar-refractivity contribution in [1.29, 1.82) is 0 Å². The third-order valence-corrected chi connectivity index (χ3v) is 5.90. The number of nitrogens with zero attached hydrogens (tertiary/aromatic N) is 1. The maximum Gasteiger partial charge on any atom is 0.412 e. The van der Waals surface area contributed by atoms with E-state index in [4.69, 9.17) is 9.47 Å². The normalized spacial score (nSPS) is 11.8. The monoisotopic (exact) mass is 561 g/mol. The first-order valence-electron chi connectivity index (χ1n) is 13.3. The smallest absolute Gasteiger partial charge is 0.412 e. The summed E-state index contributed by atoms with van der Waals surface area (Å²) in [4.78, 5) is 40.1. The van der Waals surface area contributed by atoms with Crippen molar-refractivity contribution in [2.75, 3.05) is 43.7 Å². The molecule has 0 aliphatic rings. The first-order chi connectivity index (χ1) is 19.4. The summed E-state index contributed by atoms with van der Waals surface area (Å²) >= 11 is 0. The molecule has 0 heterocycles. The predicted octanol–water partition coefficient (Wildman–Crippen LogP) is 6.11. The van der Waals surface area contributed by atoms with Crippen LogP contribution in [0.3, 0.4) is 0 Å². The number of urea groups is 1. The molecule has 0 spiro atoms. The number of methoxy groups -OCH3 is 1. The Morgan fingerprint density at radius 2 is 1.44 bits per heavy atom. The molecule has 1 unspecified atom stereocenters. The van der Waals surface area contributed by atoms with E-state index in [1.807, 2.05) is 31.1 Å². The number of anilines is 3. The van der Waals surface area contributed by atoms with Crippen LogP contribution in [0.4, 0.5) is 26.7 Å². The van der Waals surface area contributed by atoms with Crippen LogP contribution in [0.5, 0.6) is 5.75 Å². The molecule has 41 heavy (non-hydrogen) atoms. The summed E-state index contributed by atoms with van der Waals surface area (Å²) in [6, 6.07) is 20.4. The van der Waals surface area contributed by atoms with Crippen molar-refractivity contribution in [2.45, 2.75) is 38.8 Å². The van der Waals surface area contributed by atoms with Crippen LogP contribution in [-0.2, 0) is 4.74 Å². The van der Waals surface area contributed by atoms with Crippen LogP contribution >= 0.6 is 0 Å². The van der Waals surface area contributed by atoms with Gasteiger partial charge in [0.1, 0.15) is 11.4 Å². The average molecular weight is 562 g/mol. The molecule has 0 saturated carbocycles. The van der Waals surface area contributed by atoms with E-state index in [0.29, 0.717) is 34.8 Å². The van der Waals surface area contributed by atoms with Crippen molar-refractivity contribution < 1.29 is 23.9 Å². The molecule has 1 atom stereocenters. The number of para-hydroxylation sites is 2. The summed E-state index contributed by atoms with van der Waals surface area (Å²) < 4.78 is 10.5. The summed E-state index contributed by atoms with van der Waals surface area (Å²) in [5, 5.41) is 11.4. The van der Waals surface area contributed by atoms with E-state index in [0.717, 1.165) is 12.1 Å². The van der Waals surface area contributed by atoms with Gasteiger partial charge in [0.15, 0.2) is 0 Å². The maximum atomic E-state index is 13.1. The molecular formula is C31H39N5O5. The van der Waals surface area contributed by atoms with Crippen LogP contribution in [0.15, 0.2) is 72.8 Å². The Bertz CT molecular complexity index is 1320. The van der Waals surface area contributed by atoms with Crippen molar-refractivity contribution in [3.63, 3.8) is 0 Å². The average Bonchev–Trinajstić information content (AvgIpc) is 2.91. The predicted molar refractivity (Wildman–Crippen MR) is 162 cm³/mol. The molecule has 4 amide bonds. The Balaban J connectivity index is 1.69. The largest absolute Gasteiger partial charge is 0.497 e. The van der Waals surface area contributed by atoms with E-state index in [-0.39, 0.29) is 18.0 Å². The highest BCUT2D eigenvalue weighted by atomic mass is 16.6. The summed E-state index contributed by atoms with van der Waals surface area (Å²) in [5.74, 6) is 0.358. The molecule has 0 bridgehead atoms. The summed E-state index contributed by atoms with van der Waals surface area (Å²) in [7, 11) is 5.52. The molecular weight excluding hydrogens is 522 g/mol. The fourth-order valence-corrected chi connectivity index (χ4v) is 3.89. The quantitative estimate of drug-likeness (QED) is 0.237. The van der Waals surface area contributed by atoms with Gasteiger partial charge in [-0.15, -0.1) is 0 Å². The van der Waals surface area contributed by atoms with Crippen LogP contribution in [0.1, 0.15) is 49.2 Å². The number of benzene rings is 3. The Morgan fingerprint density at radius 3 is 2.00 bits per heavy atom. The van der Waals surface area contributed by atoms with E-state index >= 15 is 0 Å². The maximum absolute atomic E-state index is 13.1. The molecule has 3 rings (SSSR count). The van der Waals surface area contributed by atoms with Crippen LogP contribution in [0.2, 0.25) is 0 Å². The molecule has 0 fully saturated rings. The topological polar surface area (TPSA) is 121 Å². The van der Waals surface area contributed by atoms with Gasteiger partial charge < -0.3 is 30.3 Å². The zero-order valence-corrected chi connectivity index (χ0v) is 24.4. The Hall–Kier alpha value is -4.57. The zero-order valence-electron chi connectivity index (χ0n) is 24.4.